The van der Waals surface area contributed by atoms with Gasteiger partial charge in [0.05, 0.1) is 0 Å². The van der Waals surface area contributed by atoms with Crippen molar-refractivity contribution >= 4 is 17.6 Å². The molecule has 0 saturated carbocycles. The quantitative estimate of drug-likeness (QED) is 0.901. The number of benzene rings is 1. The van der Waals surface area contributed by atoms with E-state index in [1.54, 1.807) is 0 Å². The Kier molecular flexibility index (Phi) is 3.69. The van der Waals surface area contributed by atoms with E-state index in [4.69, 9.17) is 16.7 Å². The maximum atomic E-state index is 11.1. The van der Waals surface area contributed by atoms with Crippen LogP contribution in [0.1, 0.15) is 24.0 Å². The number of hydrogen-bond donors (Lipinski definition) is 1. The zero-order valence-electron chi connectivity index (χ0n) is 9.82. The fourth-order valence-corrected chi connectivity index (χ4v) is 2.58. The highest BCUT2D eigenvalue weighted by Gasteiger charge is 2.30. The maximum absolute atomic E-state index is 11.1. The van der Waals surface area contributed by atoms with Crippen molar-refractivity contribution in [3.8, 4) is 0 Å². The summed E-state index contributed by atoms with van der Waals surface area (Å²) in [5.74, 6) is -0.714. The molecule has 1 atom stereocenters. The fourth-order valence-electron chi connectivity index (χ4n) is 2.35. The molecule has 3 nitrogen and oxygen atoms in total. The molecule has 1 aliphatic rings. The van der Waals surface area contributed by atoms with Gasteiger partial charge >= 0.3 is 5.97 Å². The molecule has 17 heavy (non-hydrogen) atoms. The molecule has 1 fully saturated rings. The second-order valence-corrected chi connectivity index (χ2v) is 4.97. The van der Waals surface area contributed by atoms with Gasteiger partial charge in [-0.25, -0.2) is 0 Å². The minimum absolute atomic E-state index is 0.329. The highest BCUT2D eigenvalue weighted by Crippen LogP contribution is 2.23. The van der Waals surface area contributed by atoms with Crippen LogP contribution in [0.3, 0.4) is 0 Å². The van der Waals surface area contributed by atoms with Gasteiger partial charge in [-0.15, -0.1) is 0 Å². The van der Waals surface area contributed by atoms with Gasteiger partial charge in [-0.3, -0.25) is 9.69 Å². The van der Waals surface area contributed by atoms with E-state index in [1.165, 1.54) is 0 Å². The van der Waals surface area contributed by atoms with E-state index in [9.17, 15) is 4.79 Å². The normalized spacial score (nSPS) is 20.7. The number of nitrogens with zero attached hydrogens (tertiary/aromatic N) is 1. The van der Waals surface area contributed by atoms with Gasteiger partial charge in [-0.2, -0.15) is 0 Å². The lowest BCUT2D eigenvalue weighted by Gasteiger charge is -2.22. The van der Waals surface area contributed by atoms with Crippen LogP contribution in [0.2, 0.25) is 5.02 Å². The molecule has 0 aliphatic carbocycles. The van der Waals surface area contributed by atoms with Crippen LogP contribution in [0.25, 0.3) is 0 Å². The highest BCUT2D eigenvalue weighted by atomic mass is 35.5. The van der Waals surface area contributed by atoms with E-state index >= 15 is 0 Å². The number of halogens is 1. The lowest BCUT2D eigenvalue weighted by Crippen LogP contribution is -2.35. The van der Waals surface area contributed by atoms with Crippen LogP contribution in [0.5, 0.6) is 0 Å². The first kappa shape index (κ1) is 12.4. The van der Waals surface area contributed by atoms with E-state index < -0.39 is 5.97 Å². The van der Waals surface area contributed by atoms with Gasteiger partial charge in [0, 0.05) is 11.6 Å². The monoisotopic (exact) mass is 253 g/mol. The van der Waals surface area contributed by atoms with Crippen LogP contribution < -0.4 is 0 Å². The number of carboxylic acid groups (broad SMARTS) is 1. The van der Waals surface area contributed by atoms with Gasteiger partial charge in [-0.05, 0) is 49.6 Å². The van der Waals surface area contributed by atoms with Gasteiger partial charge in [-0.1, -0.05) is 17.7 Å². The topological polar surface area (TPSA) is 40.5 Å². The van der Waals surface area contributed by atoms with E-state index in [2.05, 4.69) is 0 Å². The molecular weight excluding hydrogens is 238 g/mol. The first-order chi connectivity index (χ1) is 8.08. The third-order valence-electron chi connectivity index (χ3n) is 3.33. The molecular formula is C13H16ClNO2. The molecule has 0 spiro atoms. The first-order valence-corrected chi connectivity index (χ1v) is 6.17. The molecule has 1 aliphatic heterocycles. The van der Waals surface area contributed by atoms with Crippen molar-refractivity contribution in [3.05, 3.63) is 34.3 Å². The Balaban J connectivity index is 2.12. The summed E-state index contributed by atoms with van der Waals surface area (Å²) < 4.78 is 0. The van der Waals surface area contributed by atoms with Crippen LogP contribution in [0.15, 0.2) is 18.2 Å². The zero-order chi connectivity index (χ0) is 12.4. The van der Waals surface area contributed by atoms with Gasteiger partial charge in [0.1, 0.15) is 6.04 Å². The van der Waals surface area contributed by atoms with Crippen molar-refractivity contribution in [2.45, 2.75) is 32.4 Å². The smallest absolute Gasteiger partial charge is 0.320 e. The number of rotatable bonds is 3. The first-order valence-electron chi connectivity index (χ1n) is 5.80. The summed E-state index contributed by atoms with van der Waals surface area (Å²) in [6, 6.07) is 5.43. The van der Waals surface area contributed by atoms with Crippen LogP contribution in [-0.2, 0) is 11.3 Å². The fraction of sp³-hybridized carbons (Fsp3) is 0.462. The molecule has 1 saturated heterocycles. The van der Waals surface area contributed by atoms with E-state index in [1.807, 2.05) is 30.0 Å². The number of carboxylic acids is 1. The number of hydrogen-bond acceptors (Lipinski definition) is 2. The molecule has 0 aromatic heterocycles. The molecule has 0 unspecified atom stereocenters. The summed E-state index contributed by atoms with van der Waals surface area (Å²) in [5.41, 5.74) is 2.27. The molecule has 1 aromatic rings. The highest BCUT2D eigenvalue weighted by molar-refractivity contribution is 6.30. The minimum atomic E-state index is -0.714. The predicted molar refractivity (Wildman–Crippen MR) is 67.3 cm³/mol. The number of likely N-dealkylation sites (tertiary alicyclic amines) is 1. The molecule has 1 N–H and O–H groups in total. The van der Waals surface area contributed by atoms with Gasteiger partial charge in [0.2, 0.25) is 0 Å². The van der Waals surface area contributed by atoms with Crippen molar-refractivity contribution in [1.29, 1.82) is 0 Å². The maximum Gasteiger partial charge on any atom is 0.320 e. The standard InChI is InChI=1S/C13H16ClNO2/c1-9-7-11(14)5-4-10(9)8-15-6-2-3-12(15)13(16)17/h4-5,7,12H,2-3,6,8H2,1H3,(H,16,17)/t12-/m1/s1. The molecule has 1 aromatic carbocycles. The second kappa shape index (κ2) is 5.07. The van der Waals surface area contributed by atoms with Crippen molar-refractivity contribution in [2.75, 3.05) is 6.54 Å². The number of aliphatic carboxylic acids is 1. The third-order valence-corrected chi connectivity index (χ3v) is 3.56. The summed E-state index contributed by atoms with van der Waals surface area (Å²) in [6.45, 7) is 3.56. The van der Waals surface area contributed by atoms with Crippen molar-refractivity contribution < 1.29 is 9.90 Å². The lowest BCUT2D eigenvalue weighted by molar-refractivity contribution is -0.142. The van der Waals surface area contributed by atoms with Gasteiger partial charge < -0.3 is 5.11 Å². The Bertz CT molecular complexity index is 433. The predicted octanol–water partition coefficient (Wildman–Crippen LogP) is 2.70. The SMILES string of the molecule is Cc1cc(Cl)ccc1CN1CCC[C@@H]1C(=O)O. The summed E-state index contributed by atoms with van der Waals surface area (Å²) in [4.78, 5) is 13.1. The van der Waals surface area contributed by atoms with Crippen LogP contribution in [-0.4, -0.2) is 28.6 Å². The lowest BCUT2D eigenvalue weighted by atomic mass is 10.1. The molecule has 0 amide bonds. The average molecular weight is 254 g/mol. The Morgan fingerprint density at radius 1 is 1.59 bits per heavy atom. The van der Waals surface area contributed by atoms with Crippen LogP contribution in [0.4, 0.5) is 0 Å². The van der Waals surface area contributed by atoms with Gasteiger partial charge in [0.15, 0.2) is 0 Å². The molecule has 2 rings (SSSR count). The molecule has 1 heterocycles. The second-order valence-electron chi connectivity index (χ2n) is 4.54. The summed E-state index contributed by atoms with van der Waals surface area (Å²) in [5, 5.41) is 9.84. The Labute approximate surface area is 106 Å². The largest absolute Gasteiger partial charge is 0.480 e. The third kappa shape index (κ3) is 2.79. The average Bonchev–Trinajstić information content (AvgIpc) is 2.70. The number of aryl methyl sites for hydroxylation is 1. The molecule has 4 heteroatoms. The molecule has 0 bridgehead atoms. The van der Waals surface area contributed by atoms with E-state index in [0.717, 1.165) is 35.5 Å². The summed E-state index contributed by atoms with van der Waals surface area (Å²) >= 11 is 5.90. The van der Waals surface area contributed by atoms with E-state index in [-0.39, 0.29) is 6.04 Å². The summed E-state index contributed by atoms with van der Waals surface area (Å²) in [6.07, 6.45) is 1.71. The van der Waals surface area contributed by atoms with Crippen LogP contribution in [0, 0.1) is 6.92 Å². The zero-order valence-corrected chi connectivity index (χ0v) is 10.6. The van der Waals surface area contributed by atoms with Crippen molar-refractivity contribution in [2.24, 2.45) is 0 Å². The van der Waals surface area contributed by atoms with Gasteiger partial charge in [0.25, 0.3) is 0 Å². The van der Waals surface area contributed by atoms with Crippen LogP contribution >= 0.6 is 11.6 Å². The van der Waals surface area contributed by atoms with Crippen molar-refractivity contribution in [3.63, 3.8) is 0 Å². The van der Waals surface area contributed by atoms with Crippen molar-refractivity contribution in [1.82, 2.24) is 4.90 Å². The van der Waals surface area contributed by atoms with E-state index in [0.29, 0.717) is 6.54 Å². The molecule has 0 radical (unpaired) electrons. The summed E-state index contributed by atoms with van der Waals surface area (Å²) in [7, 11) is 0. The Morgan fingerprint density at radius 2 is 2.35 bits per heavy atom. The Morgan fingerprint density at radius 3 is 3.00 bits per heavy atom. The molecule has 92 valence electrons. The minimum Gasteiger partial charge on any atom is -0.480 e. The number of carbonyl (C=O) groups is 1. The Hall–Kier alpha value is -1.06.